The summed E-state index contributed by atoms with van der Waals surface area (Å²) in [6, 6.07) is 9.92. The van der Waals surface area contributed by atoms with E-state index in [0.717, 1.165) is 12.1 Å². The molecule has 0 radical (unpaired) electrons. The highest BCUT2D eigenvalue weighted by Gasteiger charge is 2.46. The van der Waals surface area contributed by atoms with Crippen molar-refractivity contribution in [2.75, 3.05) is 0 Å². The molecule has 5 nitrogen and oxygen atoms in total. The van der Waals surface area contributed by atoms with Crippen LogP contribution in [0.15, 0.2) is 60.2 Å². The summed E-state index contributed by atoms with van der Waals surface area (Å²) in [4.78, 5) is 24.3. The maximum atomic E-state index is 13.3. The highest BCUT2D eigenvalue weighted by molar-refractivity contribution is 6.10. The number of ether oxygens (including phenoxy) is 1. The van der Waals surface area contributed by atoms with Crippen LogP contribution in [-0.4, -0.2) is 24.6 Å². The van der Waals surface area contributed by atoms with Crippen molar-refractivity contribution in [2.24, 2.45) is 0 Å². The maximum absolute atomic E-state index is 13.3. The number of hydrogen-bond acceptors (Lipinski definition) is 3. The number of urea groups is 1. The van der Waals surface area contributed by atoms with Crippen LogP contribution < -0.4 is 15.4 Å². The third-order valence-electron chi connectivity index (χ3n) is 4.08. The fourth-order valence-electron chi connectivity index (χ4n) is 2.89. The molecule has 1 heterocycles. The molecule has 2 aromatic rings. The van der Waals surface area contributed by atoms with E-state index in [1.165, 1.54) is 36.4 Å². The lowest BCUT2D eigenvalue weighted by Gasteiger charge is -2.30. The van der Waals surface area contributed by atoms with E-state index < -0.39 is 36.2 Å². The van der Waals surface area contributed by atoms with Crippen LogP contribution in [0.1, 0.15) is 17.2 Å². The van der Waals surface area contributed by atoms with E-state index in [-0.39, 0.29) is 22.6 Å². The van der Waals surface area contributed by atoms with Crippen LogP contribution in [0.4, 0.5) is 26.7 Å². The van der Waals surface area contributed by atoms with Gasteiger partial charge in [-0.15, -0.1) is 0 Å². The first-order chi connectivity index (χ1) is 13.7. The molecule has 1 aliphatic rings. The molecule has 0 aromatic heterocycles. The van der Waals surface area contributed by atoms with Crippen LogP contribution in [0.3, 0.4) is 0 Å². The van der Waals surface area contributed by atoms with Crippen molar-refractivity contribution in [1.82, 2.24) is 10.6 Å². The first kappa shape index (κ1) is 20.3. The highest BCUT2D eigenvalue weighted by atomic mass is 19.4. The second kappa shape index (κ2) is 7.90. The average molecular weight is 412 g/mol. The van der Waals surface area contributed by atoms with Gasteiger partial charge in [0.05, 0.1) is 17.3 Å². The zero-order valence-electron chi connectivity index (χ0n) is 14.5. The van der Waals surface area contributed by atoms with E-state index in [0.29, 0.717) is 0 Å². The Morgan fingerprint density at radius 3 is 2.17 bits per heavy atom. The molecule has 152 valence electrons. The van der Waals surface area contributed by atoms with E-state index in [9.17, 15) is 31.5 Å². The molecule has 10 heteroatoms. The summed E-state index contributed by atoms with van der Waals surface area (Å²) in [5.74, 6) is -2.36. The zero-order chi connectivity index (χ0) is 21.2. The molecular formula is C19H13F5N2O3. The predicted octanol–water partition coefficient (Wildman–Crippen LogP) is 4.18. The number of carbonyl (C=O) groups is 2. The van der Waals surface area contributed by atoms with Gasteiger partial charge in [0, 0.05) is 0 Å². The Balaban J connectivity index is 2.13. The number of rotatable bonds is 5. The van der Waals surface area contributed by atoms with Gasteiger partial charge in [0.15, 0.2) is 0 Å². The van der Waals surface area contributed by atoms with Crippen LogP contribution in [0.5, 0.6) is 5.75 Å². The summed E-state index contributed by atoms with van der Waals surface area (Å²) in [6.07, 6.45) is -5.20. The van der Waals surface area contributed by atoms with Gasteiger partial charge in [-0.3, -0.25) is 4.79 Å². The molecule has 2 amide bonds. The number of nitrogens with one attached hydrogen (secondary N) is 2. The Hall–Kier alpha value is -3.43. The first-order valence-corrected chi connectivity index (χ1v) is 8.20. The number of halogens is 5. The molecule has 3 rings (SSSR count). The Labute approximate surface area is 161 Å². The predicted molar refractivity (Wildman–Crippen MR) is 91.9 cm³/mol. The van der Waals surface area contributed by atoms with Gasteiger partial charge in [0.2, 0.25) is 0 Å². The number of carbonyl (C=O) groups excluding carboxylic acids is 2. The van der Waals surface area contributed by atoms with E-state index in [2.05, 4.69) is 15.4 Å². The Morgan fingerprint density at radius 1 is 1.00 bits per heavy atom. The minimum absolute atomic E-state index is 0.0856. The number of benzene rings is 2. The van der Waals surface area contributed by atoms with Gasteiger partial charge in [0.1, 0.15) is 5.75 Å². The highest BCUT2D eigenvalue weighted by Crippen LogP contribution is 2.36. The number of alkyl halides is 5. The van der Waals surface area contributed by atoms with E-state index in [1.807, 2.05) is 0 Å². The van der Waals surface area contributed by atoms with Crippen LogP contribution in [0.25, 0.3) is 5.70 Å². The summed E-state index contributed by atoms with van der Waals surface area (Å²) in [5, 5.41) is 4.54. The average Bonchev–Trinajstić information content (AvgIpc) is 2.67. The Morgan fingerprint density at radius 2 is 1.62 bits per heavy atom. The fraction of sp³-hybridized carbons (Fsp3) is 0.158. The first-order valence-electron chi connectivity index (χ1n) is 8.20. The summed E-state index contributed by atoms with van der Waals surface area (Å²) >= 11 is 0. The normalized spacial score (nSPS) is 17.0. The minimum Gasteiger partial charge on any atom is -0.435 e. The number of ketones is 1. The van der Waals surface area contributed by atoms with Crippen LogP contribution in [0.2, 0.25) is 0 Å². The standard InChI is InChI=1S/C19H13F5N2O3/c20-17(21)29-12-8-6-11(7-9-12)15-13(16(27)19(22,23)24)14(25-18(28)26-15)10-4-2-1-3-5-10/h1-9,15,17H,(H2,25,26,28)/t15-/m0/s1. The lowest BCUT2D eigenvalue weighted by molar-refractivity contribution is -0.166. The van der Waals surface area contributed by atoms with E-state index in [1.54, 1.807) is 6.07 Å². The summed E-state index contributed by atoms with van der Waals surface area (Å²) in [5.41, 5.74) is -0.708. The second-order valence-corrected chi connectivity index (χ2v) is 5.96. The van der Waals surface area contributed by atoms with Gasteiger partial charge in [-0.05, 0) is 23.3 Å². The van der Waals surface area contributed by atoms with Gasteiger partial charge in [-0.2, -0.15) is 22.0 Å². The van der Waals surface area contributed by atoms with Crippen molar-refractivity contribution >= 4 is 17.5 Å². The molecular weight excluding hydrogens is 399 g/mol. The van der Waals surface area contributed by atoms with E-state index in [4.69, 9.17) is 0 Å². The second-order valence-electron chi connectivity index (χ2n) is 5.96. The van der Waals surface area contributed by atoms with Gasteiger partial charge < -0.3 is 15.4 Å². The molecule has 0 fully saturated rings. The molecule has 0 saturated heterocycles. The molecule has 2 N–H and O–H groups in total. The van der Waals surface area contributed by atoms with Crippen molar-refractivity contribution in [3.05, 3.63) is 71.3 Å². The summed E-state index contributed by atoms with van der Waals surface area (Å²) in [6.45, 7) is -3.08. The van der Waals surface area contributed by atoms with Crippen LogP contribution >= 0.6 is 0 Å². The lowest BCUT2D eigenvalue weighted by atomic mass is 9.89. The number of Topliss-reactive ketones (excluding diaryl/α,β-unsaturated/α-hetero) is 1. The molecule has 29 heavy (non-hydrogen) atoms. The van der Waals surface area contributed by atoms with Crippen molar-refractivity contribution in [1.29, 1.82) is 0 Å². The number of hydrogen-bond donors (Lipinski definition) is 2. The quantitative estimate of drug-likeness (QED) is 0.724. The van der Waals surface area contributed by atoms with Gasteiger partial charge in [-0.25, -0.2) is 4.79 Å². The van der Waals surface area contributed by atoms with Crippen molar-refractivity contribution in [3.63, 3.8) is 0 Å². The Bertz CT molecular complexity index is 941. The lowest BCUT2D eigenvalue weighted by Crippen LogP contribution is -2.47. The zero-order valence-corrected chi connectivity index (χ0v) is 14.5. The van der Waals surface area contributed by atoms with Crippen molar-refractivity contribution in [3.8, 4) is 5.75 Å². The smallest absolute Gasteiger partial charge is 0.435 e. The van der Waals surface area contributed by atoms with Gasteiger partial charge in [-0.1, -0.05) is 42.5 Å². The topological polar surface area (TPSA) is 67.4 Å². The summed E-state index contributed by atoms with van der Waals surface area (Å²) in [7, 11) is 0. The minimum atomic E-state index is -5.20. The molecule has 1 aliphatic heterocycles. The molecule has 0 saturated carbocycles. The molecule has 0 aliphatic carbocycles. The Kier molecular flexibility index (Phi) is 5.53. The SMILES string of the molecule is O=C1NC(c2ccccc2)=C(C(=O)C(F)(F)F)[C@H](c2ccc(OC(F)F)cc2)N1. The van der Waals surface area contributed by atoms with Gasteiger partial charge >= 0.3 is 18.8 Å². The molecule has 0 bridgehead atoms. The molecule has 0 unspecified atom stereocenters. The third kappa shape index (κ3) is 4.53. The molecule has 2 aromatic carbocycles. The third-order valence-corrected chi connectivity index (χ3v) is 4.08. The van der Waals surface area contributed by atoms with Gasteiger partial charge in [0.25, 0.3) is 5.78 Å². The number of amides is 2. The van der Waals surface area contributed by atoms with Crippen molar-refractivity contribution < 1.29 is 36.3 Å². The largest absolute Gasteiger partial charge is 0.454 e. The maximum Gasteiger partial charge on any atom is 0.454 e. The van der Waals surface area contributed by atoms with Crippen LogP contribution in [0, 0.1) is 0 Å². The summed E-state index contributed by atoms with van der Waals surface area (Å²) < 4.78 is 68.7. The van der Waals surface area contributed by atoms with Crippen LogP contribution in [-0.2, 0) is 4.79 Å². The molecule has 1 atom stereocenters. The van der Waals surface area contributed by atoms with E-state index >= 15 is 0 Å². The fourth-order valence-corrected chi connectivity index (χ4v) is 2.89. The molecule has 0 spiro atoms. The van der Waals surface area contributed by atoms with Crippen molar-refractivity contribution in [2.45, 2.75) is 18.8 Å². The monoisotopic (exact) mass is 412 g/mol.